The Morgan fingerprint density at radius 3 is 2.38 bits per heavy atom. The highest BCUT2D eigenvalue weighted by atomic mass is 16.4. The number of carboxylic acids is 1. The average molecular weight is 282 g/mol. The molecule has 2 rings (SSSR count). The zero-order valence-corrected chi connectivity index (χ0v) is 12.5. The van der Waals surface area contributed by atoms with Crippen LogP contribution in [-0.2, 0) is 19.3 Å². The van der Waals surface area contributed by atoms with Gasteiger partial charge in [-0.05, 0) is 48.4 Å². The number of hydrogen-bond donors (Lipinski definition) is 1. The van der Waals surface area contributed by atoms with Crippen LogP contribution in [0, 0.1) is 0 Å². The second-order valence-corrected chi connectivity index (χ2v) is 5.39. The van der Waals surface area contributed by atoms with E-state index in [9.17, 15) is 9.90 Å². The van der Waals surface area contributed by atoms with Gasteiger partial charge in [-0.15, -0.1) is 0 Å². The molecule has 0 heterocycles. The molecular weight excluding hydrogens is 260 g/mol. The third-order valence-electron chi connectivity index (χ3n) is 3.69. The molecule has 0 unspecified atom stereocenters. The van der Waals surface area contributed by atoms with E-state index >= 15 is 0 Å². The number of carboxylic acid groups (broad SMARTS) is 1. The normalized spacial score (nSPS) is 10.5. The van der Waals surface area contributed by atoms with Gasteiger partial charge in [-0.2, -0.15) is 0 Å². The topological polar surface area (TPSA) is 37.3 Å². The molecule has 0 saturated heterocycles. The van der Waals surface area contributed by atoms with Crippen LogP contribution in [0.4, 0.5) is 0 Å². The highest BCUT2D eigenvalue weighted by Gasteiger charge is 2.08. The Bertz CT molecular complexity index is 602. The van der Waals surface area contributed by atoms with Crippen molar-refractivity contribution < 1.29 is 9.90 Å². The molecule has 2 aromatic carbocycles. The lowest BCUT2D eigenvalue weighted by Gasteiger charge is -2.07. The lowest BCUT2D eigenvalue weighted by molar-refractivity contribution is 0.0695. The van der Waals surface area contributed by atoms with Crippen LogP contribution >= 0.6 is 0 Å². The summed E-state index contributed by atoms with van der Waals surface area (Å²) in [5, 5.41) is 9.18. The first-order valence-electron chi connectivity index (χ1n) is 7.59. The molecule has 21 heavy (non-hydrogen) atoms. The first-order chi connectivity index (χ1) is 10.2. The van der Waals surface area contributed by atoms with Gasteiger partial charge in [0.15, 0.2) is 0 Å². The maximum Gasteiger partial charge on any atom is 0.335 e. The zero-order valence-electron chi connectivity index (χ0n) is 12.5. The van der Waals surface area contributed by atoms with E-state index in [4.69, 9.17) is 0 Å². The maximum absolute atomic E-state index is 11.2. The summed E-state index contributed by atoms with van der Waals surface area (Å²) in [5.74, 6) is -0.837. The van der Waals surface area contributed by atoms with Gasteiger partial charge in [-0.1, -0.05) is 55.8 Å². The molecule has 0 radical (unpaired) electrons. The molecule has 0 fully saturated rings. The quantitative estimate of drug-likeness (QED) is 0.811. The SMILES string of the molecule is CCCc1cccc(CCCc2ccccc2C(=O)O)c1. The van der Waals surface area contributed by atoms with E-state index in [0.29, 0.717) is 5.56 Å². The summed E-state index contributed by atoms with van der Waals surface area (Å²) >= 11 is 0. The molecule has 0 aliphatic heterocycles. The third-order valence-corrected chi connectivity index (χ3v) is 3.69. The van der Waals surface area contributed by atoms with Crippen LogP contribution in [0.1, 0.15) is 46.8 Å². The highest BCUT2D eigenvalue weighted by molar-refractivity contribution is 5.89. The summed E-state index contributed by atoms with van der Waals surface area (Å²) in [5.41, 5.74) is 4.08. The van der Waals surface area contributed by atoms with Crippen molar-refractivity contribution in [2.45, 2.75) is 39.0 Å². The largest absolute Gasteiger partial charge is 0.478 e. The number of rotatable bonds is 7. The Morgan fingerprint density at radius 1 is 0.952 bits per heavy atom. The Hall–Kier alpha value is -2.09. The van der Waals surface area contributed by atoms with Crippen LogP contribution in [0.2, 0.25) is 0 Å². The molecule has 0 bridgehead atoms. The molecular formula is C19H22O2. The summed E-state index contributed by atoms with van der Waals surface area (Å²) in [6, 6.07) is 16.0. The number of benzene rings is 2. The lowest BCUT2D eigenvalue weighted by atomic mass is 9.98. The van der Waals surface area contributed by atoms with Gasteiger partial charge in [0, 0.05) is 0 Å². The molecule has 0 aromatic heterocycles. The minimum Gasteiger partial charge on any atom is -0.478 e. The fourth-order valence-electron chi connectivity index (χ4n) is 2.66. The van der Waals surface area contributed by atoms with Crippen molar-refractivity contribution in [2.75, 3.05) is 0 Å². The van der Waals surface area contributed by atoms with Gasteiger partial charge in [0.05, 0.1) is 5.56 Å². The molecule has 0 spiro atoms. The predicted molar refractivity (Wildman–Crippen MR) is 85.9 cm³/mol. The molecule has 0 aliphatic rings. The van der Waals surface area contributed by atoms with E-state index in [1.54, 1.807) is 12.1 Å². The molecule has 0 aliphatic carbocycles. The molecule has 2 aromatic rings. The highest BCUT2D eigenvalue weighted by Crippen LogP contribution is 2.14. The van der Waals surface area contributed by atoms with Crippen molar-refractivity contribution in [3.63, 3.8) is 0 Å². The number of carbonyl (C=O) groups is 1. The number of hydrogen-bond acceptors (Lipinski definition) is 1. The van der Waals surface area contributed by atoms with Gasteiger partial charge in [0.1, 0.15) is 0 Å². The van der Waals surface area contributed by atoms with Crippen molar-refractivity contribution in [3.8, 4) is 0 Å². The smallest absolute Gasteiger partial charge is 0.335 e. The van der Waals surface area contributed by atoms with Crippen LogP contribution in [0.5, 0.6) is 0 Å². The predicted octanol–water partition coefficient (Wildman–Crippen LogP) is 4.51. The van der Waals surface area contributed by atoms with Crippen LogP contribution in [0.3, 0.4) is 0 Å². The lowest BCUT2D eigenvalue weighted by Crippen LogP contribution is -2.02. The summed E-state index contributed by atoms with van der Waals surface area (Å²) in [6.07, 6.45) is 5.05. The van der Waals surface area contributed by atoms with Crippen LogP contribution in [-0.4, -0.2) is 11.1 Å². The monoisotopic (exact) mass is 282 g/mol. The average Bonchev–Trinajstić information content (AvgIpc) is 2.48. The van der Waals surface area contributed by atoms with Crippen molar-refractivity contribution in [2.24, 2.45) is 0 Å². The van der Waals surface area contributed by atoms with Crippen molar-refractivity contribution in [3.05, 3.63) is 70.8 Å². The second-order valence-electron chi connectivity index (χ2n) is 5.39. The van der Waals surface area contributed by atoms with E-state index < -0.39 is 5.97 Å². The molecule has 2 nitrogen and oxygen atoms in total. The Kier molecular flexibility index (Phi) is 5.56. The number of aromatic carboxylic acids is 1. The molecule has 0 atom stereocenters. The molecule has 110 valence electrons. The van der Waals surface area contributed by atoms with Crippen molar-refractivity contribution in [1.82, 2.24) is 0 Å². The summed E-state index contributed by atoms with van der Waals surface area (Å²) in [4.78, 5) is 11.2. The second kappa shape index (κ2) is 7.63. The number of aryl methyl sites for hydroxylation is 3. The summed E-state index contributed by atoms with van der Waals surface area (Å²) in [6.45, 7) is 2.19. The van der Waals surface area contributed by atoms with Crippen LogP contribution in [0.15, 0.2) is 48.5 Å². The van der Waals surface area contributed by atoms with E-state index in [-0.39, 0.29) is 0 Å². The summed E-state index contributed by atoms with van der Waals surface area (Å²) < 4.78 is 0. The van der Waals surface area contributed by atoms with Gasteiger partial charge < -0.3 is 5.11 Å². The first kappa shape index (κ1) is 15.3. The first-order valence-corrected chi connectivity index (χ1v) is 7.59. The molecule has 2 heteroatoms. The van der Waals surface area contributed by atoms with Crippen molar-refractivity contribution in [1.29, 1.82) is 0 Å². The van der Waals surface area contributed by atoms with Crippen LogP contribution in [0.25, 0.3) is 0 Å². The van der Waals surface area contributed by atoms with Gasteiger partial charge in [-0.3, -0.25) is 0 Å². The van der Waals surface area contributed by atoms with Crippen molar-refractivity contribution >= 4 is 5.97 Å². The Labute approximate surface area is 126 Å². The fourth-order valence-corrected chi connectivity index (χ4v) is 2.66. The van der Waals surface area contributed by atoms with E-state index in [2.05, 4.69) is 31.2 Å². The summed E-state index contributed by atoms with van der Waals surface area (Å²) in [7, 11) is 0. The van der Waals surface area contributed by atoms with E-state index in [1.165, 1.54) is 11.1 Å². The minimum atomic E-state index is -0.837. The van der Waals surface area contributed by atoms with Gasteiger partial charge >= 0.3 is 5.97 Å². The molecule has 0 amide bonds. The maximum atomic E-state index is 11.2. The minimum absolute atomic E-state index is 0.428. The molecule has 1 N–H and O–H groups in total. The Balaban J connectivity index is 1.95. The standard InChI is InChI=1S/C19H22O2/c1-2-7-15-8-5-9-16(14-15)10-6-12-17-11-3-4-13-18(17)19(20)21/h3-5,8-9,11,13-14H,2,6-7,10,12H2,1H3,(H,20,21). The fraction of sp³-hybridized carbons (Fsp3) is 0.316. The van der Waals surface area contributed by atoms with Gasteiger partial charge in [-0.25, -0.2) is 4.79 Å². The van der Waals surface area contributed by atoms with E-state index in [1.807, 2.05) is 12.1 Å². The third kappa shape index (κ3) is 4.45. The zero-order chi connectivity index (χ0) is 15.1. The van der Waals surface area contributed by atoms with E-state index in [0.717, 1.165) is 37.7 Å². The van der Waals surface area contributed by atoms with Gasteiger partial charge in [0.25, 0.3) is 0 Å². The Morgan fingerprint density at radius 2 is 1.67 bits per heavy atom. The van der Waals surface area contributed by atoms with Gasteiger partial charge in [0.2, 0.25) is 0 Å². The van der Waals surface area contributed by atoms with Crippen LogP contribution < -0.4 is 0 Å². The molecule has 0 saturated carbocycles.